The number of nitrogens with zero attached hydrogens (tertiary/aromatic N) is 1. The van der Waals surface area contributed by atoms with Crippen LogP contribution >= 0.6 is 0 Å². The second kappa shape index (κ2) is 11.2. The number of hydrogen-bond acceptors (Lipinski definition) is 6. The van der Waals surface area contributed by atoms with Gasteiger partial charge in [0.15, 0.2) is 8.32 Å². The normalized spacial score (nSPS) is 19.8. The largest absolute Gasteiger partial charge is 0.488 e. The molecule has 0 saturated carbocycles. The van der Waals surface area contributed by atoms with Crippen molar-refractivity contribution in [3.05, 3.63) is 65.5 Å². The highest BCUT2D eigenvalue weighted by Crippen LogP contribution is 2.42. The van der Waals surface area contributed by atoms with Gasteiger partial charge in [0.05, 0.1) is 0 Å². The van der Waals surface area contributed by atoms with E-state index >= 15 is 0 Å². The Morgan fingerprint density at radius 2 is 1.74 bits per heavy atom. The first-order chi connectivity index (χ1) is 17.4. The molecule has 7 nitrogen and oxygen atoms in total. The summed E-state index contributed by atoms with van der Waals surface area (Å²) in [5.41, 5.74) is -0.0339. The summed E-state index contributed by atoms with van der Waals surface area (Å²) < 4.78 is 58.2. The molecule has 2 aromatic rings. The lowest BCUT2D eigenvalue weighted by Gasteiger charge is -2.38. The van der Waals surface area contributed by atoms with Crippen molar-refractivity contribution in [3.8, 4) is 0 Å². The van der Waals surface area contributed by atoms with Gasteiger partial charge in [0, 0.05) is 13.0 Å². The van der Waals surface area contributed by atoms with Gasteiger partial charge in [0.25, 0.3) is 10.0 Å². The van der Waals surface area contributed by atoms with Crippen molar-refractivity contribution in [2.75, 3.05) is 6.61 Å². The molecule has 2 aromatic carbocycles. The number of hydrogen-bond donors (Lipinski definition) is 2. The Kier molecular flexibility index (Phi) is 9.00. The van der Waals surface area contributed by atoms with Gasteiger partial charge >= 0.3 is 7.12 Å². The monoisotopic (exact) mass is 563 g/mol. The van der Waals surface area contributed by atoms with Crippen molar-refractivity contribution in [1.29, 1.82) is 0 Å². The van der Waals surface area contributed by atoms with E-state index in [-0.39, 0.29) is 28.6 Å². The first-order valence-corrected chi connectivity index (χ1v) is 17.2. The molecule has 1 aliphatic heterocycles. The quantitative estimate of drug-likeness (QED) is 0.430. The van der Waals surface area contributed by atoms with Gasteiger partial charge < -0.3 is 19.2 Å². The molecule has 0 spiro atoms. The summed E-state index contributed by atoms with van der Waals surface area (Å²) in [7, 11) is -7.73. The molecule has 11 heteroatoms. The Bertz CT molecular complexity index is 1260. The van der Waals surface area contributed by atoms with Crippen LogP contribution < -0.4 is 5.46 Å². The summed E-state index contributed by atoms with van der Waals surface area (Å²) in [5, 5.41) is 17.7. The summed E-state index contributed by atoms with van der Waals surface area (Å²) in [6, 6.07) is 12.5. The summed E-state index contributed by atoms with van der Waals surface area (Å²) >= 11 is 0. The van der Waals surface area contributed by atoms with E-state index in [2.05, 4.69) is 38.3 Å². The van der Waals surface area contributed by atoms with Gasteiger partial charge in [-0.05, 0) is 67.0 Å². The van der Waals surface area contributed by atoms with Crippen LogP contribution in [0, 0.1) is 5.82 Å². The zero-order valence-electron chi connectivity index (χ0n) is 23.2. The van der Waals surface area contributed by atoms with Crippen molar-refractivity contribution < 1.29 is 32.0 Å². The fraction of sp³-hybridized carbons (Fsp3) is 0.519. The van der Waals surface area contributed by atoms with Gasteiger partial charge in [-0.15, -0.1) is 4.40 Å². The number of benzene rings is 2. The Hall–Kier alpha value is -2.05. The van der Waals surface area contributed by atoms with Gasteiger partial charge in [0.1, 0.15) is 16.7 Å². The van der Waals surface area contributed by atoms with Crippen LogP contribution in [0.5, 0.6) is 0 Å². The molecule has 3 rings (SSSR count). The van der Waals surface area contributed by atoms with E-state index in [0.717, 1.165) is 0 Å². The Morgan fingerprint density at radius 1 is 1.13 bits per heavy atom. The average molecular weight is 564 g/mol. The third kappa shape index (κ3) is 6.93. The summed E-state index contributed by atoms with van der Waals surface area (Å²) in [6.07, 6.45) is 0.581. The predicted molar refractivity (Wildman–Crippen MR) is 152 cm³/mol. The Labute approximate surface area is 227 Å². The van der Waals surface area contributed by atoms with E-state index in [1.54, 1.807) is 32.0 Å². The molecule has 0 aliphatic carbocycles. The van der Waals surface area contributed by atoms with Crippen LogP contribution in [0.3, 0.4) is 0 Å². The van der Waals surface area contributed by atoms with Crippen LogP contribution in [-0.4, -0.2) is 52.0 Å². The van der Waals surface area contributed by atoms with Crippen LogP contribution in [0.4, 0.5) is 4.39 Å². The lowest BCUT2D eigenvalue weighted by Crippen LogP contribution is -2.43. The third-order valence-corrected chi connectivity index (χ3v) is 14.0. The summed E-state index contributed by atoms with van der Waals surface area (Å²) in [4.78, 5) is 0. The van der Waals surface area contributed by atoms with E-state index in [4.69, 9.17) is 9.16 Å². The van der Waals surface area contributed by atoms with E-state index in [0.29, 0.717) is 24.2 Å². The third-order valence-electron chi connectivity index (χ3n) is 7.58. The zero-order chi connectivity index (χ0) is 28.5. The average Bonchev–Trinajstić information content (AvgIpc) is 2.76. The first kappa shape index (κ1) is 30.5. The number of rotatable bonds is 9. The number of sulfonamides is 1. The molecule has 1 heterocycles. The number of halogens is 1. The minimum absolute atomic E-state index is 0.0254. The van der Waals surface area contributed by atoms with Crippen LogP contribution in [0.1, 0.15) is 69.8 Å². The first-order valence-electron chi connectivity index (χ1n) is 12.8. The summed E-state index contributed by atoms with van der Waals surface area (Å²) in [6.45, 7) is 14.5. The molecule has 0 bridgehead atoms. The minimum Gasteiger partial charge on any atom is -0.472 e. The van der Waals surface area contributed by atoms with Crippen molar-refractivity contribution >= 4 is 36.8 Å². The molecule has 38 heavy (non-hydrogen) atoms. The lowest BCUT2D eigenvalue weighted by atomic mass is 9.79. The smallest absolute Gasteiger partial charge is 0.472 e. The second-order valence-electron chi connectivity index (χ2n) is 11.9. The van der Waals surface area contributed by atoms with Crippen molar-refractivity contribution in [2.24, 2.45) is 4.40 Å². The van der Waals surface area contributed by atoms with E-state index in [9.17, 15) is 22.9 Å². The Morgan fingerprint density at radius 3 is 2.26 bits per heavy atom. The fourth-order valence-corrected chi connectivity index (χ4v) is 7.31. The van der Waals surface area contributed by atoms with Crippen molar-refractivity contribution in [3.63, 3.8) is 0 Å². The van der Waals surface area contributed by atoms with E-state index in [1.165, 1.54) is 30.3 Å². The molecule has 1 unspecified atom stereocenters. The van der Waals surface area contributed by atoms with Crippen molar-refractivity contribution in [1.82, 2.24) is 0 Å². The molecule has 2 atom stereocenters. The minimum atomic E-state index is -4.05. The SMILES string of the molecule is CC1(C)OC(C[C@@H](CCO[Si](C)(C)C(C)(C)C)c2ccccc2F)=NS(=O)(=O)C1c1ccc(B(O)O)cc1. The molecule has 0 aromatic heterocycles. The number of ether oxygens (including phenoxy) is 1. The highest BCUT2D eigenvalue weighted by molar-refractivity contribution is 7.90. The van der Waals surface area contributed by atoms with Crippen LogP contribution in [0.2, 0.25) is 18.1 Å². The topological polar surface area (TPSA) is 105 Å². The standard InChI is InChI=1S/C27H39BFNO6SSi/c1-26(2,3)38(6,7)35-17-16-20(22-10-8-9-11-23(22)29)18-24-30-37(33,34)25(27(4,5)36-24)19-12-14-21(15-13-19)28(31)32/h8-15,20,25,31-32H,16-18H2,1-7H3/t20-,25?/m1/s1. The molecular formula is C27H39BFNO6SSi. The maximum Gasteiger partial charge on any atom is 0.488 e. The summed E-state index contributed by atoms with van der Waals surface area (Å²) in [5.74, 6) is -0.728. The maximum absolute atomic E-state index is 14.9. The molecule has 0 fully saturated rings. The molecule has 2 N–H and O–H groups in total. The van der Waals surface area contributed by atoms with Crippen LogP contribution in [0.15, 0.2) is 52.9 Å². The van der Waals surface area contributed by atoms with Crippen molar-refractivity contribution in [2.45, 2.75) is 82.4 Å². The van der Waals surface area contributed by atoms with Gasteiger partial charge in [-0.3, -0.25) is 0 Å². The molecule has 0 amide bonds. The maximum atomic E-state index is 14.9. The van der Waals surface area contributed by atoms with Gasteiger partial charge in [0.2, 0.25) is 5.90 Å². The van der Waals surface area contributed by atoms with Gasteiger partial charge in [-0.1, -0.05) is 63.2 Å². The van der Waals surface area contributed by atoms with Gasteiger partial charge in [-0.2, -0.15) is 0 Å². The molecule has 1 aliphatic rings. The predicted octanol–water partition coefficient (Wildman–Crippen LogP) is 4.67. The van der Waals surface area contributed by atoms with E-state index in [1.807, 2.05) is 0 Å². The fourth-order valence-electron chi connectivity index (χ4n) is 4.48. The molecule has 0 radical (unpaired) electrons. The lowest BCUT2D eigenvalue weighted by molar-refractivity contribution is 0.0797. The van der Waals surface area contributed by atoms with Crippen LogP contribution in [-0.2, 0) is 19.2 Å². The van der Waals surface area contributed by atoms with E-state index < -0.39 is 42.2 Å². The molecule has 0 saturated heterocycles. The highest BCUT2D eigenvalue weighted by atomic mass is 32.2. The Balaban J connectivity index is 1.89. The second-order valence-corrected chi connectivity index (χ2v) is 18.4. The molecule has 208 valence electrons. The highest BCUT2D eigenvalue weighted by Gasteiger charge is 2.47. The zero-order valence-corrected chi connectivity index (χ0v) is 25.0. The molecular weight excluding hydrogens is 524 g/mol. The van der Waals surface area contributed by atoms with Gasteiger partial charge in [-0.25, -0.2) is 12.8 Å². The van der Waals surface area contributed by atoms with Crippen LogP contribution in [0.25, 0.3) is 0 Å².